The third-order valence-electron chi connectivity index (χ3n) is 4.88. The van der Waals surface area contributed by atoms with Crippen molar-refractivity contribution in [3.63, 3.8) is 0 Å². The van der Waals surface area contributed by atoms with Crippen molar-refractivity contribution in [2.75, 3.05) is 25.5 Å². The summed E-state index contributed by atoms with van der Waals surface area (Å²) in [6.45, 7) is 3.12. The highest BCUT2D eigenvalue weighted by Gasteiger charge is 2.28. The van der Waals surface area contributed by atoms with Gasteiger partial charge in [0.1, 0.15) is 11.9 Å². The van der Waals surface area contributed by atoms with Crippen LogP contribution in [0.1, 0.15) is 19.1 Å². The van der Waals surface area contributed by atoms with Crippen LogP contribution in [-0.2, 0) is 0 Å². The van der Waals surface area contributed by atoms with E-state index >= 15 is 0 Å². The summed E-state index contributed by atoms with van der Waals surface area (Å²) in [4.78, 5) is 2.02. The molecule has 1 aliphatic heterocycles. The van der Waals surface area contributed by atoms with Crippen LogP contribution in [0.5, 0.6) is 0 Å². The van der Waals surface area contributed by atoms with Gasteiger partial charge in [-0.25, -0.2) is 4.39 Å². The van der Waals surface area contributed by atoms with Gasteiger partial charge in [-0.3, -0.25) is 0 Å². The summed E-state index contributed by atoms with van der Waals surface area (Å²) in [5, 5.41) is 4.33. The van der Waals surface area contributed by atoms with Gasteiger partial charge in [-0.1, -0.05) is 12.0 Å². The van der Waals surface area contributed by atoms with Gasteiger partial charge < -0.3 is 19.2 Å². The summed E-state index contributed by atoms with van der Waals surface area (Å²) in [5.41, 5.74) is 2.46. The average molecular weight is 351 g/mol. The van der Waals surface area contributed by atoms with Gasteiger partial charge in [-0.15, -0.1) is 0 Å². The highest BCUT2D eigenvalue weighted by Crippen LogP contribution is 2.34. The molecule has 1 aliphatic rings. The first-order chi connectivity index (χ1) is 12.7. The summed E-state index contributed by atoms with van der Waals surface area (Å²) in [7, 11) is 1.95. The van der Waals surface area contributed by atoms with E-state index in [4.69, 9.17) is 4.42 Å². The van der Waals surface area contributed by atoms with E-state index in [1.54, 1.807) is 6.92 Å². The first-order valence-electron chi connectivity index (χ1n) is 8.88. The number of furan rings is 1. The molecule has 0 aliphatic carbocycles. The minimum absolute atomic E-state index is 0.211. The average Bonchev–Trinajstić information content (AvgIpc) is 3.25. The number of halogens is 1. The molecular weight excluding hydrogens is 329 g/mol. The van der Waals surface area contributed by atoms with E-state index in [9.17, 15) is 4.39 Å². The number of hydrogen-bond acceptors (Lipinski definition) is 3. The Balaban J connectivity index is 1.77. The molecule has 3 aromatic rings. The molecule has 0 unspecified atom stereocenters. The molecule has 3 heterocycles. The monoisotopic (exact) mass is 351 g/mol. The second-order valence-electron chi connectivity index (χ2n) is 6.75. The molecule has 134 valence electrons. The second-order valence-corrected chi connectivity index (χ2v) is 6.75. The van der Waals surface area contributed by atoms with E-state index in [2.05, 4.69) is 17.2 Å². The first-order valence-corrected chi connectivity index (χ1v) is 8.88. The zero-order valence-corrected chi connectivity index (χ0v) is 15.0. The zero-order chi connectivity index (χ0) is 18.1. The predicted molar refractivity (Wildman–Crippen MR) is 103 cm³/mol. The SMILES string of the molecule is CC#Cc1oc2c(N[C@H]3CCN(C)C[C@@H]3F)cccc2c1-n1cccc1. The molecule has 0 spiro atoms. The Morgan fingerprint density at radius 1 is 1.23 bits per heavy atom. The molecule has 4 nitrogen and oxygen atoms in total. The number of benzene rings is 1. The van der Waals surface area contributed by atoms with Crippen LogP contribution in [0.3, 0.4) is 0 Å². The van der Waals surface area contributed by atoms with Gasteiger partial charge in [0.25, 0.3) is 0 Å². The van der Waals surface area contributed by atoms with Crippen LogP contribution in [0.25, 0.3) is 16.7 Å². The normalized spacial score (nSPS) is 20.7. The standard InChI is InChI=1S/C21H22FN3O/c1-3-7-19-20(25-11-4-5-12-25)15-8-6-9-18(21(15)26-19)23-17-10-13-24(2)14-16(17)22/h4-6,8-9,11-12,16-17,23H,10,13-14H2,1-2H3/t16-,17-/m0/s1. The van der Waals surface area contributed by atoms with Crippen molar-refractivity contribution in [1.29, 1.82) is 0 Å². The number of alkyl halides is 1. The molecule has 26 heavy (non-hydrogen) atoms. The lowest BCUT2D eigenvalue weighted by molar-refractivity contribution is 0.149. The molecule has 1 fully saturated rings. The van der Waals surface area contributed by atoms with Crippen LogP contribution < -0.4 is 5.32 Å². The smallest absolute Gasteiger partial charge is 0.202 e. The quantitative estimate of drug-likeness (QED) is 0.723. The van der Waals surface area contributed by atoms with Crippen molar-refractivity contribution in [1.82, 2.24) is 9.47 Å². The number of fused-ring (bicyclic) bond motifs is 1. The Bertz CT molecular complexity index is 964. The molecule has 2 aromatic heterocycles. The van der Waals surface area contributed by atoms with E-state index in [0.717, 1.165) is 35.3 Å². The Hall–Kier alpha value is -2.71. The van der Waals surface area contributed by atoms with Gasteiger partial charge in [-0.05, 0) is 50.6 Å². The molecule has 0 saturated carbocycles. The lowest BCUT2D eigenvalue weighted by Gasteiger charge is -2.33. The fourth-order valence-electron chi connectivity index (χ4n) is 3.58. The number of anilines is 1. The zero-order valence-electron chi connectivity index (χ0n) is 15.0. The first kappa shape index (κ1) is 16.7. The van der Waals surface area contributed by atoms with Gasteiger partial charge in [0.2, 0.25) is 5.76 Å². The molecule has 1 saturated heterocycles. The van der Waals surface area contributed by atoms with E-state index in [0.29, 0.717) is 12.3 Å². The van der Waals surface area contributed by atoms with Crippen LogP contribution in [0.15, 0.2) is 47.1 Å². The number of nitrogens with one attached hydrogen (secondary N) is 1. The lowest BCUT2D eigenvalue weighted by Crippen LogP contribution is -2.46. The maximum Gasteiger partial charge on any atom is 0.202 e. The number of rotatable bonds is 3. The molecule has 0 amide bonds. The molecule has 1 aromatic carbocycles. The predicted octanol–water partition coefficient (Wildman–Crippen LogP) is 4.05. The van der Waals surface area contributed by atoms with E-state index in [-0.39, 0.29) is 6.04 Å². The molecule has 1 N–H and O–H groups in total. The van der Waals surface area contributed by atoms with Crippen LogP contribution in [0.2, 0.25) is 0 Å². The second kappa shape index (κ2) is 6.89. The largest absolute Gasteiger partial charge is 0.443 e. The highest BCUT2D eigenvalue weighted by atomic mass is 19.1. The summed E-state index contributed by atoms with van der Waals surface area (Å²) >= 11 is 0. The van der Waals surface area contributed by atoms with Crippen molar-refractivity contribution in [3.05, 3.63) is 48.5 Å². The number of hydrogen-bond donors (Lipinski definition) is 1. The van der Waals surface area contributed by atoms with Gasteiger partial charge in [-0.2, -0.15) is 0 Å². The van der Waals surface area contributed by atoms with Gasteiger partial charge in [0.05, 0.1) is 11.7 Å². The maximum absolute atomic E-state index is 14.5. The topological polar surface area (TPSA) is 33.3 Å². The Labute approximate surface area is 152 Å². The van der Waals surface area contributed by atoms with E-state index in [1.165, 1.54) is 0 Å². The third kappa shape index (κ3) is 2.97. The van der Waals surface area contributed by atoms with E-state index < -0.39 is 6.17 Å². The minimum atomic E-state index is -0.905. The Morgan fingerprint density at radius 3 is 2.77 bits per heavy atom. The number of piperidine rings is 1. The van der Waals surface area contributed by atoms with Crippen LogP contribution >= 0.6 is 0 Å². The van der Waals surface area contributed by atoms with Crippen molar-refractivity contribution in [3.8, 4) is 17.5 Å². The number of likely N-dealkylation sites (tertiary alicyclic amines) is 1. The number of aromatic nitrogens is 1. The minimum Gasteiger partial charge on any atom is -0.443 e. The van der Waals surface area contributed by atoms with Crippen molar-refractivity contribution in [2.24, 2.45) is 0 Å². The van der Waals surface area contributed by atoms with Gasteiger partial charge in [0.15, 0.2) is 5.58 Å². The molecular formula is C21H22FN3O. The van der Waals surface area contributed by atoms with Crippen molar-refractivity contribution in [2.45, 2.75) is 25.6 Å². The number of nitrogens with zero attached hydrogens (tertiary/aromatic N) is 2. The summed E-state index contributed by atoms with van der Waals surface area (Å²) < 4.78 is 22.6. The summed E-state index contributed by atoms with van der Waals surface area (Å²) in [6, 6.07) is 9.66. The Morgan fingerprint density at radius 2 is 2.04 bits per heavy atom. The fraction of sp³-hybridized carbons (Fsp3) is 0.333. The van der Waals surface area contributed by atoms with Crippen LogP contribution in [0.4, 0.5) is 10.1 Å². The molecule has 5 heteroatoms. The lowest BCUT2D eigenvalue weighted by atomic mass is 10.0. The molecule has 2 atom stereocenters. The number of para-hydroxylation sites is 1. The van der Waals surface area contributed by atoms with E-state index in [1.807, 2.05) is 59.2 Å². The molecule has 0 radical (unpaired) electrons. The van der Waals surface area contributed by atoms with Gasteiger partial charge >= 0.3 is 0 Å². The van der Waals surface area contributed by atoms with Gasteiger partial charge in [0, 0.05) is 30.9 Å². The van der Waals surface area contributed by atoms with Crippen molar-refractivity contribution >= 4 is 16.7 Å². The highest BCUT2D eigenvalue weighted by molar-refractivity contribution is 5.97. The van der Waals surface area contributed by atoms with Crippen LogP contribution in [0, 0.1) is 11.8 Å². The maximum atomic E-state index is 14.5. The summed E-state index contributed by atoms with van der Waals surface area (Å²) in [6.07, 6.45) is 3.80. The van der Waals surface area contributed by atoms with Crippen molar-refractivity contribution < 1.29 is 8.81 Å². The van der Waals surface area contributed by atoms with Crippen LogP contribution in [-0.4, -0.2) is 41.8 Å². The summed E-state index contributed by atoms with van der Waals surface area (Å²) in [5.74, 6) is 6.59. The molecule has 4 rings (SSSR count). The third-order valence-corrected chi connectivity index (χ3v) is 4.88. The fourth-order valence-corrected chi connectivity index (χ4v) is 3.58. The molecule has 0 bridgehead atoms. The Kier molecular flexibility index (Phi) is 4.44.